The van der Waals surface area contributed by atoms with Gasteiger partial charge in [0.2, 0.25) is 0 Å². The van der Waals surface area contributed by atoms with Crippen molar-refractivity contribution in [1.29, 1.82) is 0 Å². The van der Waals surface area contributed by atoms with E-state index < -0.39 is 0 Å². The Bertz CT molecular complexity index is 496. The van der Waals surface area contributed by atoms with Gasteiger partial charge in [-0.25, -0.2) is 0 Å². The summed E-state index contributed by atoms with van der Waals surface area (Å²) in [6.45, 7) is 9.05. The second kappa shape index (κ2) is 4.76. The van der Waals surface area contributed by atoms with E-state index in [-0.39, 0.29) is 0 Å². The molecule has 0 N–H and O–H groups in total. The number of likely N-dealkylation sites (N-methyl/N-ethyl adjacent to an activating group) is 1. The minimum atomic E-state index is 0.396. The summed E-state index contributed by atoms with van der Waals surface area (Å²) in [6, 6.07) is 0.396. The number of hydrogen-bond acceptors (Lipinski definition) is 1. The highest BCUT2D eigenvalue weighted by Gasteiger charge is 2.34. The van der Waals surface area contributed by atoms with Crippen LogP contribution in [0.25, 0.3) is 0 Å². The molecule has 1 nitrogen and oxygen atoms in total. The molecule has 96 valence electrons. The molecular formula is C17H23N. The van der Waals surface area contributed by atoms with Crippen molar-refractivity contribution in [3.05, 3.63) is 51.8 Å². The van der Waals surface area contributed by atoms with E-state index in [1.807, 2.05) is 6.08 Å². The van der Waals surface area contributed by atoms with Gasteiger partial charge >= 0.3 is 0 Å². The molecule has 1 heteroatoms. The lowest BCUT2D eigenvalue weighted by molar-refractivity contribution is 0.290. The maximum absolute atomic E-state index is 3.38. The molecule has 1 unspecified atom stereocenters. The molecule has 0 aliphatic heterocycles. The smallest absolute Gasteiger partial charge is 0.0518 e. The molecule has 0 fully saturated rings. The van der Waals surface area contributed by atoms with Gasteiger partial charge in [-0.1, -0.05) is 17.2 Å². The first-order valence-corrected chi connectivity index (χ1v) is 6.60. The minimum Gasteiger partial charge on any atom is -0.301 e. The number of nitrogens with zero attached hydrogens (tertiary/aromatic N) is 1. The standard InChI is InChI=1S/C17H23N/c1-11-12(2)14(4)16(13(11)3)17(18(5)6)15-9-7-8-10-15/h7-9,16-17H,1-6H3. The largest absolute Gasteiger partial charge is 0.301 e. The van der Waals surface area contributed by atoms with Crippen LogP contribution in [-0.2, 0) is 0 Å². The molecule has 0 radical (unpaired) electrons. The number of hydrogen-bond donors (Lipinski definition) is 0. The predicted molar refractivity (Wildman–Crippen MR) is 78.4 cm³/mol. The fourth-order valence-corrected chi connectivity index (χ4v) is 3.14. The highest BCUT2D eigenvalue weighted by atomic mass is 15.1. The minimum absolute atomic E-state index is 0.396. The van der Waals surface area contributed by atoms with Crippen LogP contribution in [0, 0.1) is 5.92 Å². The summed E-state index contributed by atoms with van der Waals surface area (Å²) in [5, 5.41) is 0. The van der Waals surface area contributed by atoms with Crippen LogP contribution in [-0.4, -0.2) is 25.0 Å². The SMILES string of the molecule is CC1=C(C)C(C(C2=C=CC=C2)N(C)C)C(C)=C1C. The molecule has 0 heterocycles. The molecule has 0 aromatic rings. The van der Waals surface area contributed by atoms with Crippen molar-refractivity contribution in [2.24, 2.45) is 5.92 Å². The average molecular weight is 241 g/mol. The zero-order valence-electron chi connectivity index (χ0n) is 12.3. The van der Waals surface area contributed by atoms with Gasteiger partial charge in [-0.15, -0.1) is 5.73 Å². The van der Waals surface area contributed by atoms with Gasteiger partial charge in [0.25, 0.3) is 0 Å². The van der Waals surface area contributed by atoms with Crippen LogP contribution in [0.15, 0.2) is 51.8 Å². The quantitative estimate of drug-likeness (QED) is 0.678. The van der Waals surface area contributed by atoms with E-state index in [1.54, 1.807) is 0 Å². The third-order valence-electron chi connectivity index (χ3n) is 4.49. The monoisotopic (exact) mass is 241 g/mol. The summed E-state index contributed by atoms with van der Waals surface area (Å²) in [4.78, 5) is 2.31. The average Bonchev–Trinajstić information content (AvgIpc) is 2.89. The maximum Gasteiger partial charge on any atom is 0.0518 e. The summed E-state index contributed by atoms with van der Waals surface area (Å²) in [5.74, 6) is 0.499. The summed E-state index contributed by atoms with van der Waals surface area (Å²) >= 11 is 0. The summed E-state index contributed by atoms with van der Waals surface area (Å²) in [5.41, 5.74) is 10.6. The Morgan fingerprint density at radius 3 is 2.00 bits per heavy atom. The first kappa shape index (κ1) is 13.1. The zero-order chi connectivity index (χ0) is 13.4. The zero-order valence-corrected chi connectivity index (χ0v) is 12.3. The van der Waals surface area contributed by atoms with E-state index >= 15 is 0 Å². The molecule has 1 atom stereocenters. The van der Waals surface area contributed by atoms with Gasteiger partial charge in [0, 0.05) is 11.5 Å². The molecule has 0 aromatic carbocycles. The van der Waals surface area contributed by atoms with E-state index in [9.17, 15) is 0 Å². The van der Waals surface area contributed by atoms with Gasteiger partial charge < -0.3 is 4.90 Å². The van der Waals surface area contributed by atoms with Crippen molar-refractivity contribution >= 4 is 0 Å². The second-order valence-electron chi connectivity index (χ2n) is 5.63. The Morgan fingerprint density at radius 2 is 1.61 bits per heavy atom. The van der Waals surface area contributed by atoms with Crippen LogP contribution in [0.3, 0.4) is 0 Å². The third-order valence-corrected chi connectivity index (χ3v) is 4.49. The van der Waals surface area contributed by atoms with E-state index in [4.69, 9.17) is 0 Å². The van der Waals surface area contributed by atoms with E-state index in [0.29, 0.717) is 12.0 Å². The Labute approximate surface area is 111 Å². The lowest BCUT2D eigenvalue weighted by Gasteiger charge is -2.32. The third kappa shape index (κ3) is 1.94. The molecule has 0 aromatic heterocycles. The molecule has 2 aliphatic carbocycles. The molecule has 0 spiro atoms. The molecule has 2 aliphatic rings. The Kier molecular flexibility index (Phi) is 3.47. The lowest BCUT2D eigenvalue weighted by Crippen LogP contribution is -2.37. The van der Waals surface area contributed by atoms with Gasteiger partial charge in [-0.05, 0) is 65.1 Å². The lowest BCUT2D eigenvalue weighted by atomic mass is 9.84. The summed E-state index contributed by atoms with van der Waals surface area (Å²) in [7, 11) is 4.32. The molecule has 0 saturated heterocycles. The van der Waals surface area contributed by atoms with Crippen molar-refractivity contribution in [3.8, 4) is 0 Å². The van der Waals surface area contributed by atoms with Gasteiger partial charge in [0.05, 0.1) is 6.04 Å². The number of rotatable bonds is 3. The molecular weight excluding hydrogens is 218 g/mol. The van der Waals surface area contributed by atoms with Crippen LogP contribution >= 0.6 is 0 Å². The van der Waals surface area contributed by atoms with Crippen LogP contribution in [0.2, 0.25) is 0 Å². The molecule has 0 bridgehead atoms. The van der Waals surface area contributed by atoms with Crippen LogP contribution in [0.1, 0.15) is 27.7 Å². The van der Waals surface area contributed by atoms with Gasteiger partial charge in [-0.2, -0.15) is 0 Å². The normalized spacial score (nSPS) is 21.6. The Balaban J connectivity index is 2.46. The van der Waals surface area contributed by atoms with E-state index in [2.05, 4.69) is 64.6 Å². The van der Waals surface area contributed by atoms with E-state index in [1.165, 1.54) is 27.9 Å². The van der Waals surface area contributed by atoms with Crippen LogP contribution in [0.5, 0.6) is 0 Å². The van der Waals surface area contributed by atoms with Crippen molar-refractivity contribution in [3.63, 3.8) is 0 Å². The van der Waals surface area contributed by atoms with Gasteiger partial charge in [-0.3, -0.25) is 0 Å². The molecule has 0 saturated carbocycles. The molecule has 18 heavy (non-hydrogen) atoms. The first-order chi connectivity index (χ1) is 8.45. The highest BCUT2D eigenvalue weighted by molar-refractivity contribution is 5.50. The van der Waals surface area contributed by atoms with Crippen molar-refractivity contribution in [1.82, 2.24) is 4.90 Å². The maximum atomic E-state index is 3.38. The summed E-state index contributed by atoms with van der Waals surface area (Å²) < 4.78 is 0. The first-order valence-electron chi connectivity index (χ1n) is 6.60. The fourth-order valence-electron chi connectivity index (χ4n) is 3.14. The summed E-state index contributed by atoms with van der Waals surface area (Å²) in [6.07, 6.45) is 6.28. The second-order valence-corrected chi connectivity index (χ2v) is 5.63. The van der Waals surface area contributed by atoms with Crippen molar-refractivity contribution < 1.29 is 0 Å². The van der Waals surface area contributed by atoms with Gasteiger partial charge in [0.15, 0.2) is 0 Å². The Hall–Kier alpha value is -1.30. The van der Waals surface area contributed by atoms with E-state index in [0.717, 1.165) is 0 Å². The van der Waals surface area contributed by atoms with Gasteiger partial charge in [0.1, 0.15) is 0 Å². The Morgan fingerprint density at radius 1 is 1.06 bits per heavy atom. The van der Waals surface area contributed by atoms with Crippen molar-refractivity contribution in [2.45, 2.75) is 33.7 Å². The number of allylic oxidation sites excluding steroid dienone is 3. The topological polar surface area (TPSA) is 3.24 Å². The van der Waals surface area contributed by atoms with Crippen molar-refractivity contribution in [2.75, 3.05) is 14.1 Å². The fraction of sp³-hybridized carbons (Fsp3) is 0.471. The predicted octanol–water partition coefficient (Wildman–Crippen LogP) is 3.87. The van der Waals surface area contributed by atoms with Crippen LogP contribution in [0.4, 0.5) is 0 Å². The molecule has 2 rings (SSSR count). The molecule has 0 amide bonds. The van der Waals surface area contributed by atoms with Crippen LogP contribution < -0.4 is 0 Å². The highest BCUT2D eigenvalue weighted by Crippen LogP contribution is 2.41.